The third kappa shape index (κ3) is 3.34. The summed E-state index contributed by atoms with van der Waals surface area (Å²) < 4.78 is 0. The van der Waals surface area contributed by atoms with E-state index in [0.29, 0.717) is 40.7 Å². The van der Waals surface area contributed by atoms with E-state index >= 15 is 0 Å². The topological polar surface area (TPSA) is 131 Å². The molecule has 0 aromatic carbocycles. The summed E-state index contributed by atoms with van der Waals surface area (Å²) in [6, 6.07) is 0.216. The van der Waals surface area contributed by atoms with Gasteiger partial charge in [0.05, 0.1) is 23.5 Å². The van der Waals surface area contributed by atoms with Crippen LogP contribution in [0.25, 0.3) is 5.57 Å². The maximum Gasteiger partial charge on any atom is 0.255 e. The van der Waals surface area contributed by atoms with Gasteiger partial charge in [-0.25, -0.2) is 9.97 Å². The third-order valence-electron chi connectivity index (χ3n) is 4.91. The minimum absolute atomic E-state index is 0.0808. The van der Waals surface area contributed by atoms with Crippen LogP contribution < -0.4 is 22.1 Å². The first-order valence-electron chi connectivity index (χ1n) is 8.62. The van der Waals surface area contributed by atoms with Crippen molar-refractivity contribution in [1.82, 2.24) is 15.3 Å². The predicted octanol–water partition coefficient (Wildman–Crippen LogP) is 0.792. The van der Waals surface area contributed by atoms with Gasteiger partial charge in [0.25, 0.3) is 5.91 Å². The van der Waals surface area contributed by atoms with Crippen molar-refractivity contribution in [2.45, 2.75) is 51.2 Å². The summed E-state index contributed by atoms with van der Waals surface area (Å²) in [5.74, 6) is 0.296. The van der Waals surface area contributed by atoms with E-state index in [0.717, 1.165) is 25.7 Å². The Labute approximate surface area is 147 Å². The van der Waals surface area contributed by atoms with Gasteiger partial charge in [-0.15, -0.1) is 0 Å². The number of hydrogen-bond donors (Lipinski definition) is 4. The lowest BCUT2D eigenvalue weighted by Gasteiger charge is -2.29. The number of aliphatic imine (C=N–C) groups is 1. The van der Waals surface area contributed by atoms with Gasteiger partial charge in [0.1, 0.15) is 0 Å². The quantitative estimate of drug-likeness (QED) is 0.598. The molecule has 0 unspecified atom stereocenters. The summed E-state index contributed by atoms with van der Waals surface area (Å²) in [7, 11) is 1.68. The van der Waals surface area contributed by atoms with Crippen LogP contribution in [-0.4, -0.2) is 40.7 Å². The number of nitrogens with zero attached hydrogens (tertiary/aromatic N) is 3. The summed E-state index contributed by atoms with van der Waals surface area (Å²) in [5.41, 5.74) is 15.0. The van der Waals surface area contributed by atoms with Crippen LogP contribution in [0, 0.1) is 0 Å². The molecule has 134 valence electrons. The monoisotopic (exact) mass is 343 g/mol. The summed E-state index contributed by atoms with van der Waals surface area (Å²) in [4.78, 5) is 25.5. The summed E-state index contributed by atoms with van der Waals surface area (Å²) >= 11 is 0. The molecule has 3 rings (SSSR count). The van der Waals surface area contributed by atoms with E-state index in [2.05, 4.69) is 25.6 Å². The normalized spacial score (nSPS) is 24.0. The number of carbonyl (C=O) groups excluding carboxylic acids is 1. The van der Waals surface area contributed by atoms with E-state index in [4.69, 9.17) is 11.5 Å². The smallest absolute Gasteiger partial charge is 0.255 e. The fourth-order valence-electron chi connectivity index (χ4n) is 3.38. The number of allylic oxidation sites excluding steroid dienone is 1. The van der Waals surface area contributed by atoms with Crippen LogP contribution in [0.3, 0.4) is 0 Å². The van der Waals surface area contributed by atoms with Crippen molar-refractivity contribution in [3.8, 4) is 0 Å². The number of nitrogens with one attached hydrogen (secondary N) is 2. The van der Waals surface area contributed by atoms with Crippen LogP contribution in [0.5, 0.6) is 0 Å². The molecule has 6 N–H and O–H groups in total. The molecule has 8 nitrogen and oxygen atoms in total. The highest BCUT2D eigenvalue weighted by atomic mass is 16.1. The Balaban J connectivity index is 2.02. The summed E-state index contributed by atoms with van der Waals surface area (Å²) in [6.07, 6.45) is 5.71. The van der Waals surface area contributed by atoms with Crippen LogP contribution in [0.1, 0.15) is 54.4 Å². The molecule has 2 heterocycles. The third-order valence-corrected chi connectivity index (χ3v) is 4.91. The highest BCUT2D eigenvalue weighted by molar-refractivity contribution is 6.24. The van der Waals surface area contributed by atoms with Gasteiger partial charge in [0.15, 0.2) is 0 Å². The molecule has 2 aliphatic rings. The first kappa shape index (κ1) is 17.3. The fraction of sp³-hybridized carbons (Fsp3) is 0.529. The zero-order valence-electron chi connectivity index (χ0n) is 14.7. The number of fused-ring (bicyclic) bond motifs is 1. The van der Waals surface area contributed by atoms with Gasteiger partial charge >= 0.3 is 0 Å². The molecule has 0 bridgehead atoms. The molecule has 1 aromatic rings. The zero-order chi connectivity index (χ0) is 18.0. The molecule has 0 radical (unpaired) electrons. The average molecular weight is 343 g/mol. The molecule has 2 atom stereocenters. The standard InChI is InChI=1S/C17H25N7O/c1-9(20-2)10(7-18)15-14-13(8-21-16(14)25)23-17(24-15)22-12-6-4-3-5-11(12)19/h7,11-12H,3-6,8,18-19H2,1-2H3,(H,21,25)(H,22,23,24)/t11-,12+/m0/s1. The molecular formula is C17H25N7O. The van der Waals surface area contributed by atoms with Gasteiger partial charge in [-0.2, -0.15) is 0 Å². The van der Waals surface area contributed by atoms with Crippen molar-refractivity contribution in [3.63, 3.8) is 0 Å². The molecule has 0 spiro atoms. The second kappa shape index (κ2) is 7.18. The lowest BCUT2D eigenvalue weighted by molar-refractivity contribution is 0.0965. The number of hydrogen-bond acceptors (Lipinski definition) is 7. The number of aromatic nitrogens is 2. The molecule has 25 heavy (non-hydrogen) atoms. The molecule has 1 aromatic heterocycles. The molecule has 1 saturated carbocycles. The molecule has 1 amide bonds. The van der Waals surface area contributed by atoms with Crippen molar-refractivity contribution in [3.05, 3.63) is 23.2 Å². The van der Waals surface area contributed by atoms with Gasteiger partial charge in [-0.05, 0) is 19.8 Å². The van der Waals surface area contributed by atoms with E-state index < -0.39 is 0 Å². The zero-order valence-corrected chi connectivity index (χ0v) is 14.7. The number of carbonyl (C=O) groups is 1. The summed E-state index contributed by atoms with van der Waals surface area (Å²) in [6.45, 7) is 2.22. The minimum Gasteiger partial charge on any atom is -0.404 e. The van der Waals surface area contributed by atoms with Crippen LogP contribution in [0.2, 0.25) is 0 Å². The molecule has 1 aliphatic carbocycles. The van der Waals surface area contributed by atoms with E-state index in [1.807, 2.05) is 6.92 Å². The number of rotatable bonds is 4. The van der Waals surface area contributed by atoms with E-state index in [1.54, 1.807) is 7.05 Å². The Hall–Kier alpha value is -2.48. The van der Waals surface area contributed by atoms with Crippen LogP contribution in [0.15, 0.2) is 11.2 Å². The highest BCUT2D eigenvalue weighted by Gasteiger charge is 2.30. The fourth-order valence-corrected chi connectivity index (χ4v) is 3.38. The van der Waals surface area contributed by atoms with Gasteiger partial charge in [0, 0.05) is 36.6 Å². The molecule has 8 heteroatoms. The molecule has 1 aliphatic heterocycles. The van der Waals surface area contributed by atoms with Crippen molar-refractivity contribution >= 4 is 23.1 Å². The molecule has 0 saturated heterocycles. The van der Waals surface area contributed by atoms with Crippen molar-refractivity contribution < 1.29 is 4.79 Å². The van der Waals surface area contributed by atoms with Crippen LogP contribution in [-0.2, 0) is 6.54 Å². The first-order valence-corrected chi connectivity index (χ1v) is 8.62. The maximum absolute atomic E-state index is 12.2. The minimum atomic E-state index is -0.186. The van der Waals surface area contributed by atoms with Crippen molar-refractivity contribution in [1.29, 1.82) is 0 Å². The maximum atomic E-state index is 12.2. The number of nitrogens with two attached hydrogens (primary N) is 2. The van der Waals surface area contributed by atoms with Gasteiger partial charge in [0.2, 0.25) is 5.95 Å². The number of anilines is 1. The van der Waals surface area contributed by atoms with Gasteiger partial charge < -0.3 is 22.1 Å². The Morgan fingerprint density at radius 1 is 1.36 bits per heavy atom. The largest absolute Gasteiger partial charge is 0.404 e. The van der Waals surface area contributed by atoms with E-state index in [1.165, 1.54) is 6.20 Å². The second-order valence-corrected chi connectivity index (χ2v) is 6.49. The summed E-state index contributed by atoms with van der Waals surface area (Å²) in [5, 5.41) is 6.16. The Kier molecular flexibility index (Phi) is 4.98. The second-order valence-electron chi connectivity index (χ2n) is 6.49. The molecular weight excluding hydrogens is 318 g/mol. The lowest BCUT2D eigenvalue weighted by Crippen LogP contribution is -2.43. The number of amides is 1. The van der Waals surface area contributed by atoms with Crippen LogP contribution in [0.4, 0.5) is 5.95 Å². The lowest BCUT2D eigenvalue weighted by atomic mass is 9.91. The predicted molar refractivity (Wildman–Crippen MR) is 98.3 cm³/mol. The highest BCUT2D eigenvalue weighted by Crippen LogP contribution is 2.27. The van der Waals surface area contributed by atoms with E-state index in [-0.39, 0.29) is 18.0 Å². The van der Waals surface area contributed by atoms with Crippen molar-refractivity contribution in [2.75, 3.05) is 12.4 Å². The SMILES string of the molecule is CN=C(C)C(=CN)c1nc(N[C@@H]2CCCC[C@@H]2N)nc2c1C(=O)NC2. The van der Waals surface area contributed by atoms with Gasteiger partial charge in [-0.1, -0.05) is 12.8 Å². The Morgan fingerprint density at radius 3 is 2.80 bits per heavy atom. The Morgan fingerprint density at radius 2 is 2.12 bits per heavy atom. The van der Waals surface area contributed by atoms with Crippen LogP contribution >= 0.6 is 0 Å². The van der Waals surface area contributed by atoms with Gasteiger partial charge in [-0.3, -0.25) is 9.79 Å². The molecule has 1 fully saturated rings. The van der Waals surface area contributed by atoms with Crippen molar-refractivity contribution in [2.24, 2.45) is 16.5 Å². The van der Waals surface area contributed by atoms with E-state index in [9.17, 15) is 4.79 Å². The average Bonchev–Trinajstić information content (AvgIpc) is 2.98. The Bertz CT molecular complexity index is 741. The first-order chi connectivity index (χ1) is 12.0.